The van der Waals surface area contributed by atoms with Crippen LogP contribution in [0.5, 0.6) is 0 Å². The van der Waals surface area contributed by atoms with Gasteiger partial charge < -0.3 is 10.6 Å². The molecule has 3 aromatic rings. The fourth-order valence-corrected chi connectivity index (χ4v) is 3.62. The van der Waals surface area contributed by atoms with Crippen molar-refractivity contribution in [3.8, 4) is 0 Å². The number of hydrogen-bond acceptors (Lipinski definition) is 3. The Kier molecular flexibility index (Phi) is 7.58. The molecule has 0 saturated heterocycles. The second-order valence-electron chi connectivity index (χ2n) is 6.20. The summed E-state index contributed by atoms with van der Waals surface area (Å²) in [7, 11) is 0. The zero-order chi connectivity index (χ0) is 20.6. The van der Waals surface area contributed by atoms with E-state index in [1.807, 2.05) is 42.5 Å². The molecule has 0 bridgehead atoms. The average molecular weight is 445 g/mol. The quantitative estimate of drug-likeness (QED) is 0.445. The Labute approximate surface area is 183 Å². The van der Waals surface area contributed by atoms with Gasteiger partial charge in [0.25, 0.3) is 0 Å². The number of halogens is 2. The third-order valence-corrected chi connectivity index (χ3v) is 5.49. The maximum atomic E-state index is 12.3. The zero-order valence-corrected chi connectivity index (χ0v) is 17.7. The van der Waals surface area contributed by atoms with E-state index < -0.39 is 0 Å². The van der Waals surface area contributed by atoms with E-state index in [-0.39, 0.29) is 24.0 Å². The molecule has 3 aromatic carbocycles. The fourth-order valence-electron chi connectivity index (χ4n) is 2.55. The first-order valence-electron chi connectivity index (χ1n) is 8.81. The predicted molar refractivity (Wildman–Crippen MR) is 121 cm³/mol. The third kappa shape index (κ3) is 6.82. The number of anilines is 2. The summed E-state index contributed by atoms with van der Waals surface area (Å²) >= 11 is 13.3. The minimum absolute atomic E-state index is 0.120. The summed E-state index contributed by atoms with van der Waals surface area (Å²) in [5.41, 5.74) is 2.15. The van der Waals surface area contributed by atoms with Crippen LogP contribution in [0.25, 0.3) is 0 Å². The number of rotatable bonds is 7. The van der Waals surface area contributed by atoms with E-state index in [9.17, 15) is 9.59 Å². The number of hydrogen-bond donors (Lipinski definition) is 2. The lowest BCUT2D eigenvalue weighted by molar-refractivity contribution is -0.115. The van der Waals surface area contributed by atoms with Gasteiger partial charge in [-0.05, 0) is 48.0 Å². The highest BCUT2D eigenvalue weighted by Gasteiger charge is 2.08. The Balaban J connectivity index is 1.52. The smallest absolute Gasteiger partial charge is 0.234 e. The molecule has 0 spiro atoms. The maximum Gasteiger partial charge on any atom is 0.234 e. The van der Waals surface area contributed by atoms with E-state index in [0.29, 0.717) is 21.4 Å². The van der Waals surface area contributed by atoms with Crippen molar-refractivity contribution in [3.05, 3.63) is 88.4 Å². The molecule has 4 nitrogen and oxygen atoms in total. The number of thioether (sulfide) groups is 1. The van der Waals surface area contributed by atoms with Crippen molar-refractivity contribution in [1.82, 2.24) is 0 Å². The molecule has 148 valence electrons. The van der Waals surface area contributed by atoms with Crippen molar-refractivity contribution in [3.63, 3.8) is 0 Å². The van der Waals surface area contributed by atoms with E-state index >= 15 is 0 Å². The van der Waals surface area contributed by atoms with Crippen LogP contribution < -0.4 is 10.6 Å². The molecule has 2 amide bonds. The first kappa shape index (κ1) is 21.2. The predicted octanol–water partition coefficient (Wildman–Crippen LogP) is 5.91. The summed E-state index contributed by atoms with van der Waals surface area (Å²) < 4.78 is 0. The minimum atomic E-state index is -0.153. The van der Waals surface area contributed by atoms with Gasteiger partial charge in [-0.2, -0.15) is 0 Å². The number of para-hydroxylation sites is 1. The molecule has 29 heavy (non-hydrogen) atoms. The highest BCUT2D eigenvalue weighted by Crippen LogP contribution is 2.24. The van der Waals surface area contributed by atoms with Gasteiger partial charge >= 0.3 is 0 Å². The molecule has 7 heteroatoms. The molecule has 0 fully saturated rings. The van der Waals surface area contributed by atoms with Crippen LogP contribution >= 0.6 is 35.0 Å². The zero-order valence-electron chi connectivity index (χ0n) is 15.3. The Morgan fingerprint density at radius 2 is 1.59 bits per heavy atom. The van der Waals surface area contributed by atoms with Gasteiger partial charge in [0.1, 0.15) is 0 Å². The van der Waals surface area contributed by atoms with Crippen LogP contribution in [0, 0.1) is 0 Å². The van der Waals surface area contributed by atoms with Crippen LogP contribution in [0.15, 0.2) is 77.7 Å². The molecule has 0 aliphatic rings. The Hall–Kier alpha value is -2.47. The fraction of sp³-hybridized carbons (Fsp3) is 0.0909. The topological polar surface area (TPSA) is 58.2 Å². The number of amides is 2. The van der Waals surface area contributed by atoms with Crippen molar-refractivity contribution in [1.29, 1.82) is 0 Å². The Morgan fingerprint density at radius 3 is 2.34 bits per heavy atom. The van der Waals surface area contributed by atoms with E-state index in [1.54, 1.807) is 30.3 Å². The van der Waals surface area contributed by atoms with Gasteiger partial charge in [0.2, 0.25) is 11.8 Å². The molecule has 0 unspecified atom stereocenters. The minimum Gasteiger partial charge on any atom is -0.326 e. The highest BCUT2D eigenvalue weighted by molar-refractivity contribution is 8.00. The van der Waals surface area contributed by atoms with Gasteiger partial charge in [-0.15, -0.1) is 11.8 Å². The largest absolute Gasteiger partial charge is 0.326 e. The SMILES string of the molecule is O=C(Cc1ccc(Cl)cc1)Nc1cccc(SCC(=O)Nc2ccccc2Cl)c1. The van der Waals surface area contributed by atoms with Crippen molar-refractivity contribution in [2.24, 2.45) is 0 Å². The van der Waals surface area contributed by atoms with Crippen molar-refractivity contribution in [2.75, 3.05) is 16.4 Å². The van der Waals surface area contributed by atoms with Crippen molar-refractivity contribution >= 4 is 58.2 Å². The molecule has 0 saturated carbocycles. The number of carbonyl (C=O) groups is 2. The molecule has 0 heterocycles. The van der Waals surface area contributed by atoms with E-state index in [0.717, 1.165) is 10.5 Å². The second-order valence-corrected chi connectivity index (χ2v) is 8.09. The van der Waals surface area contributed by atoms with Gasteiger partial charge in [-0.25, -0.2) is 0 Å². The Bertz CT molecular complexity index is 1010. The second kappa shape index (κ2) is 10.3. The Morgan fingerprint density at radius 1 is 0.828 bits per heavy atom. The molecular weight excluding hydrogens is 427 g/mol. The monoisotopic (exact) mass is 444 g/mol. The van der Waals surface area contributed by atoms with E-state index in [1.165, 1.54) is 11.8 Å². The van der Waals surface area contributed by atoms with Crippen LogP contribution in [0.4, 0.5) is 11.4 Å². The lowest BCUT2D eigenvalue weighted by Crippen LogP contribution is -2.15. The summed E-state index contributed by atoms with van der Waals surface area (Å²) in [4.78, 5) is 25.3. The van der Waals surface area contributed by atoms with Crippen LogP contribution in [0.1, 0.15) is 5.56 Å². The van der Waals surface area contributed by atoms with Gasteiger partial charge in [0.05, 0.1) is 22.9 Å². The number of carbonyl (C=O) groups excluding carboxylic acids is 2. The number of nitrogens with one attached hydrogen (secondary N) is 2. The molecule has 3 rings (SSSR count). The van der Waals surface area contributed by atoms with Gasteiger partial charge in [-0.1, -0.05) is 53.5 Å². The normalized spacial score (nSPS) is 10.4. The van der Waals surface area contributed by atoms with Crippen LogP contribution in [-0.2, 0) is 16.0 Å². The summed E-state index contributed by atoms with van der Waals surface area (Å²) in [6, 6.07) is 21.6. The summed E-state index contributed by atoms with van der Waals surface area (Å²) in [6.45, 7) is 0. The lowest BCUT2D eigenvalue weighted by atomic mass is 10.1. The van der Waals surface area contributed by atoms with Crippen molar-refractivity contribution in [2.45, 2.75) is 11.3 Å². The maximum absolute atomic E-state index is 12.3. The van der Waals surface area contributed by atoms with E-state index in [2.05, 4.69) is 10.6 Å². The molecule has 0 aliphatic heterocycles. The van der Waals surface area contributed by atoms with E-state index in [4.69, 9.17) is 23.2 Å². The molecule has 0 atom stereocenters. The van der Waals surface area contributed by atoms with Gasteiger partial charge in [0.15, 0.2) is 0 Å². The summed E-state index contributed by atoms with van der Waals surface area (Å²) in [5, 5.41) is 6.80. The molecule has 0 aromatic heterocycles. The molecule has 2 N–H and O–H groups in total. The molecular formula is C22H18Cl2N2O2S. The summed E-state index contributed by atoms with van der Waals surface area (Å²) in [5.74, 6) is -0.0425. The van der Waals surface area contributed by atoms with Gasteiger partial charge in [-0.3, -0.25) is 9.59 Å². The standard InChI is InChI=1S/C22H18Cl2N2O2S/c23-16-10-8-15(9-11-16)12-21(27)25-17-4-3-5-18(13-17)29-14-22(28)26-20-7-2-1-6-19(20)24/h1-11,13H,12,14H2,(H,25,27)(H,26,28). The average Bonchev–Trinajstić information content (AvgIpc) is 2.70. The number of benzene rings is 3. The van der Waals surface area contributed by atoms with Gasteiger partial charge in [0, 0.05) is 15.6 Å². The third-order valence-electron chi connectivity index (χ3n) is 3.91. The van der Waals surface area contributed by atoms with Crippen LogP contribution in [-0.4, -0.2) is 17.6 Å². The lowest BCUT2D eigenvalue weighted by Gasteiger charge is -2.09. The van der Waals surface area contributed by atoms with Crippen LogP contribution in [0.2, 0.25) is 10.0 Å². The first-order valence-corrected chi connectivity index (χ1v) is 10.6. The molecule has 0 aliphatic carbocycles. The molecule has 0 radical (unpaired) electrons. The van der Waals surface area contributed by atoms with Crippen molar-refractivity contribution < 1.29 is 9.59 Å². The summed E-state index contributed by atoms with van der Waals surface area (Å²) in [6.07, 6.45) is 0.259. The van der Waals surface area contributed by atoms with Crippen LogP contribution in [0.3, 0.4) is 0 Å². The first-order chi connectivity index (χ1) is 14.0. The highest BCUT2D eigenvalue weighted by atomic mass is 35.5.